The van der Waals surface area contributed by atoms with Gasteiger partial charge in [-0.25, -0.2) is 8.42 Å². The van der Waals surface area contributed by atoms with Gasteiger partial charge in [-0.2, -0.15) is 4.31 Å². The molecule has 0 bridgehead atoms. The SMILES string of the molecule is Cc1ccc(NC(=O)C2COc3ccc(Cl)cc3C2)cc1S(=O)(=O)N1CCOCC1. The van der Waals surface area contributed by atoms with Crippen molar-refractivity contribution in [2.45, 2.75) is 18.2 Å². The molecular weight excluding hydrogens is 428 g/mol. The Hall–Kier alpha value is -2.13. The van der Waals surface area contributed by atoms with Crippen molar-refractivity contribution < 1.29 is 22.7 Å². The number of anilines is 1. The number of benzene rings is 2. The summed E-state index contributed by atoms with van der Waals surface area (Å²) in [5.74, 6) is 0.119. The number of amides is 1. The molecule has 7 nitrogen and oxygen atoms in total. The Labute approximate surface area is 181 Å². The van der Waals surface area contributed by atoms with Gasteiger partial charge in [0.15, 0.2) is 0 Å². The summed E-state index contributed by atoms with van der Waals surface area (Å²) in [7, 11) is -3.66. The first kappa shape index (κ1) is 21.1. The molecule has 1 saturated heterocycles. The Balaban J connectivity index is 1.51. The maximum absolute atomic E-state index is 13.0. The normalized spacial score (nSPS) is 19.6. The summed E-state index contributed by atoms with van der Waals surface area (Å²) in [6.07, 6.45) is 0.506. The molecular formula is C21H23ClN2O5S. The lowest BCUT2D eigenvalue weighted by Crippen LogP contribution is -2.40. The van der Waals surface area contributed by atoms with E-state index in [4.69, 9.17) is 21.1 Å². The maximum atomic E-state index is 13.0. The Bertz CT molecular complexity index is 1070. The van der Waals surface area contributed by atoms with Crippen molar-refractivity contribution in [2.24, 2.45) is 5.92 Å². The summed E-state index contributed by atoms with van der Waals surface area (Å²) in [5, 5.41) is 3.43. The van der Waals surface area contributed by atoms with Gasteiger partial charge in [0, 0.05) is 23.8 Å². The summed E-state index contributed by atoms with van der Waals surface area (Å²) < 4.78 is 38.4. The Morgan fingerprint density at radius 2 is 1.93 bits per heavy atom. The van der Waals surface area contributed by atoms with Crippen LogP contribution >= 0.6 is 11.6 Å². The molecule has 0 aromatic heterocycles. The van der Waals surface area contributed by atoms with Gasteiger partial charge in [0.05, 0.1) is 24.0 Å². The number of carbonyl (C=O) groups excluding carboxylic acids is 1. The van der Waals surface area contributed by atoms with Gasteiger partial charge < -0.3 is 14.8 Å². The quantitative estimate of drug-likeness (QED) is 0.774. The molecule has 0 spiro atoms. The van der Waals surface area contributed by atoms with Crippen molar-refractivity contribution in [2.75, 3.05) is 38.2 Å². The lowest BCUT2D eigenvalue weighted by Gasteiger charge is -2.27. The van der Waals surface area contributed by atoms with E-state index >= 15 is 0 Å². The number of nitrogens with one attached hydrogen (secondary N) is 1. The summed E-state index contributed by atoms with van der Waals surface area (Å²) in [6.45, 7) is 3.39. The number of aryl methyl sites for hydroxylation is 1. The summed E-state index contributed by atoms with van der Waals surface area (Å²) in [4.78, 5) is 13.0. The van der Waals surface area contributed by atoms with Gasteiger partial charge in [-0.3, -0.25) is 4.79 Å². The molecule has 2 heterocycles. The molecule has 2 aliphatic rings. The van der Waals surface area contributed by atoms with Crippen LogP contribution in [0, 0.1) is 12.8 Å². The molecule has 1 amide bonds. The van der Waals surface area contributed by atoms with Gasteiger partial charge in [0.25, 0.3) is 0 Å². The van der Waals surface area contributed by atoms with Crippen LogP contribution in [0.2, 0.25) is 5.02 Å². The summed E-state index contributed by atoms with van der Waals surface area (Å²) >= 11 is 6.05. The van der Waals surface area contributed by atoms with E-state index in [9.17, 15) is 13.2 Å². The van der Waals surface area contributed by atoms with E-state index in [1.807, 2.05) is 0 Å². The minimum absolute atomic E-state index is 0.194. The maximum Gasteiger partial charge on any atom is 0.243 e. The number of hydrogen-bond acceptors (Lipinski definition) is 5. The smallest absolute Gasteiger partial charge is 0.243 e. The van der Waals surface area contributed by atoms with Gasteiger partial charge in [0.1, 0.15) is 12.4 Å². The zero-order valence-corrected chi connectivity index (χ0v) is 18.1. The van der Waals surface area contributed by atoms with Gasteiger partial charge in [-0.15, -0.1) is 0 Å². The molecule has 2 aliphatic heterocycles. The molecule has 0 aliphatic carbocycles. The van der Waals surface area contributed by atoms with Crippen LogP contribution in [0.15, 0.2) is 41.3 Å². The number of ether oxygens (including phenoxy) is 2. The molecule has 1 unspecified atom stereocenters. The van der Waals surface area contributed by atoms with Crippen LogP contribution in [0.3, 0.4) is 0 Å². The molecule has 1 N–H and O–H groups in total. The molecule has 1 atom stereocenters. The molecule has 1 fully saturated rings. The predicted octanol–water partition coefficient (Wildman–Crippen LogP) is 2.86. The van der Waals surface area contributed by atoms with Crippen LogP contribution in [0.25, 0.3) is 0 Å². The van der Waals surface area contributed by atoms with Crippen molar-refractivity contribution in [3.05, 3.63) is 52.5 Å². The third-order valence-electron chi connectivity index (χ3n) is 5.34. The number of morpholine rings is 1. The lowest BCUT2D eigenvalue weighted by atomic mass is 9.96. The fourth-order valence-corrected chi connectivity index (χ4v) is 5.51. The predicted molar refractivity (Wildman–Crippen MR) is 114 cm³/mol. The highest BCUT2D eigenvalue weighted by Crippen LogP contribution is 2.31. The Morgan fingerprint density at radius 3 is 2.70 bits per heavy atom. The van der Waals surface area contributed by atoms with Gasteiger partial charge in [-0.1, -0.05) is 17.7 Å². The monoisotopic (exact) mass is 450 g/mol. The highest BCUT2D eigenvalue weighted by atomic mass is 35.5. The van der Waals surface area contributed by atoms with Gasteiger partial charge in [-0.05, 0) is 54.8 Å². The number of carbonyl (C=O) groups is 1. The van der Waals surface area contributed by atoms with E-state index in [1.54, 1.807) is 37.3 Å². The van der Waals surface area contributed by atoms with Crippen LogP contribution in [0.4, 0.5) is 5.69 Å². The zero-order valence-electron chi connectivity index (χ0n) is 16.6. The molecule has 4 rings (SSSR count). The number of hydrogen-bond donors (Lipinski definition) is 1. The lowest BCUT2D eigenvalue weighted by molar-refractivity contribution is -0.121. The van der Waals surface area contributed by atoms with Gasteiger partial charge >= 0.3 is 0 Å². The van der Waals surface area contributed by atoms with E-state index in [0.717, 1.165) is 11.3 Å². The van der Waals surface area contributed by atoms with Gasteiger partial charge in [0.2, 0.25) is 15.9 Å². The average molecular weight is 451 g/mol. The average Bonchev–Trinajstić information content (AvgIpc) is 2.75. The molecule has 30 heavy (non-hydrogen) atoms. The first-order valence-electron chi connectivity index (χ1n) is 9.75. The number of fused-ring (bicyclic) bond motifs is 1. The van der Waals surface area contributed by atoms with Crippen molar-refractivity contribution in [3.8, 4) is 5.75 Å². The fourth-order valence-electron chi connectivity index (χ4n) is 3.66. The second-order valence-corrected chi connectivity index (χ2v) is 9.79. The van der Waals surface area contributed by atoms with Crippen molar-refractivity contribution >= 4 is 33.2 Å². The Morgan fingerprint density at radius 1 is 1.17 bits per heavy atom. The minimum atomic E-state index is -3.66. The first-order valence-corrected chi connectivity index (χ1v) is 11.6. The topological polar surface area (TPSA) is 84.9 Å². The van der Waals surface area contributed by atoms with E-state index in [2.05, 4.69) is 5.32 Å². The van der Waals surface area contributed by atoms with E-state index in [1.165, 1.54) is 10.4 Å². The first-order chi connectivity index (χ1) is 14.3. The molecule has 160 valence electrons. The number of rotatable bonds is 4. The highest BCUT2D eigenvalue weighted by Gasteiger charge is 2.29. The number of halogens is 1. The fraction of sp³-hybridized carbons (Fsp3) is 0.381. The molecule has 0 radical (unpaired) electrons. The van der Waals surface area contributed by atoms with Crippen molar-refractivity contribution in [1.29, 1.82) is 0 Å². The van der Waals surface area contributed by atoms with Crippen LogP contribution in [-0.2, 0) is 26.0 Å². The van der Waals surface area contributed by atoms with Crippen molar-refractivity contribution in [1.82, 2.24) is 4.31 Å². The van der Waals surface area contributed by atoms with E-state index < -0.39 is 15.9 Å². The largest absolute Gasteiger partial charge is 0.492 e. The third kappa shape index (κ3) is 4.32. The third-order valence-corrected chi connectivity index (χ3v) is 7.62. The zero-order chi connectivity index (χ0) is 21.3. The number of nitrogens with zero attached hydrogens (tertiary/aromatic N) is 1. The van der Waals surface area contributed by atoms with Crippen LogP contribution in [-0.4, -0.2) is 51.5 Å². The molecule has 0 saturated carbocycles. The van der Waals surface area contributed by atoms with E-state index in [-0.39, 0.29) is 17.4 Å². The summed E-state index contributed by atoms with van der Waals surface area (Å²) in [6, 6.07) is 10.3. The second-order valence-electron chi connectivity index (χ2n) is 7.45. The van der Waals surface area contributed by atoms with E-state index in [0.29, 0.717) is 49.0 Å². The van der Waals surface area contributed by atoms with Crippen LogP contribution in [0.5, 0.6) is 5.75 Å². The standard InChI is InChI=1S/C21H23ClN2O5S/c1-14-2-4-18(12-20(14)30(26,27)24-6-8-28-9-7-24)23-21(25)16-10-15-11-17(22)3-5-19(15)29-13-16/h2-5,11-12,16H,6-10,13H2,1H3,(H,23,25). The summed E-state index contributed by atoms with van der Waals surface area (Å²) in [5.41, 5.74) is 1.95. The number of sulfonamides is 1. The highest BCUT2D eigenvalue weighted by molar-refractivity contribution is 7.89. The molecule has 2 aromatic carbocycles. The van der Waals surface area contributed by atoms with Crippen LogP contribution < -0.4 is 10.1 Å². The molecule has 2 aromatic rings. The Kier molecular flexibility index (Phi) is 6.02. The second kappa shape index (κ2) is 8.55. The van der Waals surface area contributed by atoms with Crippen molar-refractivity contribution in [3.63, 3.8) is 0 Å². The minimum Gasteiger partial charge on any atom is -0.492 e. The van der Waals surface area contributed by atoms with Crippen LogP contribution in [0.1, 0.15) is 11.1 Å². The molecule has 9 heteroatoms.